The summed E-state index contributed by atoms with van der Waals surface area (Å²) in [4.78, 5) is 14.3. The minimum atomic E-state index is -0.123. The van der Waals surface area contributed by atoms with Gasteiger partial charge in [0, 0.05) is 13.0 Å². The lowest BCUT2D eigenvalue weighted by molar-refractivity contribution is -0.128. The summed E-state index contributed by atoms with van der Waals surface area (Å²) in [6, 6.07) is 7.66. The number of aryl methyl sites for hydroxylation is 1. The Morgan fingerprint density at radius 2 is 1.85 bits per heavy atom. The molecule has 0 spiro atoms. The van der Waals surface area contributed by atoms with Crippen LogP contribution in [0.4, 0.5) is 0 Å². The zero-order valence-electron chi connectivity index (χ0n) is 15.4. The molecule has 1 aliphatic heterocycles. The lowest BCUT2D eigenvalue weighted by Gasteiger charge is -2.23. The van der Waals surface area contributed by atoms with E-state index in [1.807, 2.05) is 36.1 Å². The van der Waals surface area contributed by atoms with E-state index >= 15 is 0 Å². The van der Waals surface area contributed by atoms with E-state index in [0.717, 1.165) is 23.5 Å². The van der Waals surface area contributed by atoms with Crippen LogP contribution in [0.3, 0.4) is 0 Å². The molecule has 0 N–H and O–H groups in total. The van der Waals surface area contributed by atoms with Crippen molar-refractivity contribution in [1.82, 2.24) is 4.90 Å². The van der Waals surface area contributed by atoms with E-state index in [9.17, 15) is 4.79 Å². The Morgan fingerprint density at radius 1 is 1.15 bits per heavy atom. The van der Waals surface area contributed by atoms with E-state index in [4.69, 9.17) is 18.6 Å². The van der Waals surface area contributed by atoms with Gasteiger partial charge in [-0.1, -0.05) is 6.92 Å². The Hall–Kier alpha value is -2.28. The third-order valence-corrected chi connectivity index (χ3v) is 5.54. The van der Waals surface area contributed by atoms with Crippen LogP contribution in [-0.4, -0.2) is 37.9 Å². The van der Waals surface area contributed by atoms with Crippen molar-refractivity contribution in [2.24, 2.45) is 0 Å². The van der Waals surface area contributed by atoms with Gasteiger partial charge in [0.25, 0.3) is 0 Å². The summed E-state index contributed by atoms with van der Waals surface area (Å²) in [5, 5.41) is -0.123. The van der Waals surface area contributed by atoms with Gasteiger partial charge in [-0.25, -0.2) is 0 Å². The maximum Gasteiger partial charge on any atom is 0.234 e. The zero-order valence-corrected chi connectivity index (χ0v) is 16.2. The van der Waals surface area contributed by atoms with Gasteiger partial charge >= 0.3 is 0 Å². The predicted octanol–water partition coefficient (Wildman–Crippen LogP) is 3.64. The highest BCUT2D eigenvalue weighted by atomic mass is 32.2. The summed E-state index contributed by atoms with van der Waals surface area (Å²) in [6.07, 6.45) is 0.832. The highest BCUT2D eigenvalue weighted by Gasteiger charge is 2.35. The first-order valence-corrected chi connectivity index (χ1v) is 9.44. The molecule has 1 atom stereocenters. The van der Waals surface area contributed by atoms with E-state index in [1.165, 1.54) is 0 Å². The molecule has 0 aliphatic carbocycles. The second-order valence-electron chi connectivity index (χ2n) is 5.88. The van der Waals surface area contributed by atoms with Gasteiger partial charge in [0.15, 0.2) is 11.5 Å². The maximum atomic E-state index is 12.4. The molecule has 1 aromatic heterocycles. The van der Waals surface area contributed by atoms with Crippen LogP contribution in [0.25, 0.3) is 0 Å². The van der Waals surface area contributed by atoms with E-state index in [-0.39, 0.29) is 11.3 Å². The minimum Gasteiger partial charge on any atom is -0.493 e. The molecule has 0 saturated carbocycles. The normalized spacial score (nSPS) is 16.8. The zero-order chi connectivity index (χ0) is 18.7. The first-order chi connectivity index (χ1) is 12.6. The quantitative estimate of drug-likeness (QED) is 0.734. The Kier molecular flexibility index (Phi) is 5.66. The average molecular weight is 377 g/mol. The average Bonchev–Trinajstić information content (AvgIpc) is 3.27. The van der Waals surface area contributed by atoms with Gasteiger partial charge < -0.3 is 23.5 Å². The molecule has 1 amide bonds. The smallest absolute Gasteiger partial charge is 0.234 e. The Morgan fingerprint density at radius 3 is 2.38 bits per heavy atom. The Labute approximate surface area is 157 Å². The number of amides is 1. The molecule has 7 heteroatoms. The van der Waals surface area contributed by atoms with Crippen molar-refractivity contribution in [3.63, 3.8) is 0 Å². The molecule has 1 aliphatic rings. The summed E-state index contributed by atoms with van der Waals surface area (Å²) < 4.78 is 22.1. The third kappa shape index (κ3) is 3.49. The molecule has 1 saturated heterocycles. The highest BCUT2D eigenvalue weighted by Crippen LogP contribution is 2.42. The summed E-state index contributed by atoms with van der Waals surface area (Å²) in [5.74, 6) is 3.95. The fraction of sp³-hybridized carbons (Fsp3) is 0.421. The molecule has 1 unspecified atom stereocenters. The van der Waals surface area contributed by atoms with Crippen molar-refractivity contribution in [1.29, 1.82) is 0 Å². The van der Waals surface area contributed by atoms with Crippen LogP contribution in [0.15, 0.2) is 28.7 Å². The van der Waals surface area contributed by atoms with Crippen molar-refractivity contribution in [2.45, 2.75) is 25.3 Å². The number of ether oxygens (including phenoxy) is 3. The van der Waals surface area contributed by atoms with Crippen LogP contribution in [0.1, 0.15) is 29.4 Å². The topological polar surface area (TPSA) is 61.1 Å². The number of carbonyl (C=O) groups is 1. The van der Waals surface area contributed by atoms with Crippen LogP contribution in [0.5, 0.6) is 17.2 Å². The largest absolute Gasteiger partial charge is 0.493 e. The lowest BCUT2D eigenvalue weighted by Crippen LogP contribution is -2.27. The first kappa shape index (κ1) is 18.5. The van der Waals surface area contributed by atoms with Crippen molar-refractivity contribution in [3.05, 3.63) is 41.3 Å². The number of hydrogen-bond acceptors (Lipinski definition) is 6. The number of carbonyl (C=O) groups excluding carboxylic acids is 1. The van der Waals surface area contributed by atoms with Crippen LogP contribution in [0, 0.1) is 0 Å². The Bertz CT molecular complexity index is 763. The molecule has 1 aromatic carbocycles. The van der Waals surface area contributed by atoms with E-state index < -0.39 is 0 Å². The van der Waals surface area contributed by atoms with Crippen molar-refractivity contribution in [3.8, 4) is 17.2 Å². The lowest BCUT2D eigenvalue weighted by atomic mass is 10.1. The van der Waals surface area contributed by atoms with Gasteiger partial charge in [-0.2, -0.15) is 0 Å². The third-order valence-electron chi connectivity index (χ3n) is 4.32. The number of rotatable bonds is 7. The van der Waals surface area contributed by atoms with Crippen molar-refractivity contribution in [2.75, 3.05) is 27.1 Å². The van der Waals surface area contributed by atoms with Crippen molar-refractivity contribution < 1.29 is 23.4 Å². The molecule has 3 rings (SSSR count). The second kappa shape index (κ2) is 7.95. The van der Waals surface area contributed by atoms with Gasteiger partial charge in [0.05, 0.1) is 27.1 Å². The number of hydrogen-bond donors (Lipinski definition) is 0. The van der Waals surface area contributed by atoms with Gasteiger partial charge in [0.1, 0.15) is 16.9 Å². The molecule has 2 aromatic rings. The SMILES string of the molecule is CCc1ccc(C2SCC(=O)N2Cc2cc(OC)c(OC)c(OC)c2)o1. The Balaban J connectivity index is 1.89. The molecule has 140 valence electrons. The van der Waals surface area contributed by atoms with E-state index in [2.05, 4.69) is 0 Å². The molecular weight excluding hydrogens is 354 g/mol. The number of thioether (sulfide) groups is 1. The number of benzene rings is 1. The highest BCUT2D eigenvalue weighted by molar-refractivity contribution is 8.00. The van der Waals surface area contributed by atoms with Gasteiger partial charge in [-0.15, -0.1) is 11.8 Å². The maximum absolute atomic E-state index is 12.4. The standard InChI is InChI=1S/C19H23NO5S/c1-5-13-6-7-14(25-13)19-20(17(21)11-26-19)10-12-8-15(22-2)18(24-4)16(9-12)23-3/h6-9,19H,5,10-11H2,1-4H3. The van der Waals surface area contributed by atoms with Crippen LogP contribution >= 0.6 is 11.8 Å². The molecular formula is C19H23NO5S. The van der Waals surface area contributed by atoms with Crippen molar-refractivity contribution >= 4 is 17.7 Å². The fourth-order valence-corrected chi connectivity index (χ4v) is 4.13. The first-order valence-electron chi connectivity index (χ1n) is 8.39. The molecule has 0 radical (unpaired) electrons. The van der Waals surface area contributed by atoms with E-state index in [0.29, 0.717) is 29.5 Å². The number of nitrogens with zero attached hydrogens (tertiary/aromatic N) is 1. The number of methoxy groups -OCH3 is 3. The second-order valence-corrected chi connectivity index (χ2v) is 6.94. The molecule has 2 heterocycles. The molecule has 6 nitrogen and oxygen atoms in total. The van der Waals surface area contributed by atoms with Crippen LogP contribution in [-0.2, 0) is 17.8 Å². The predicted molar refractivity (Wildman–Crippen MR) is 99.9 cm³/mol. The van der Waals surface area contributed by atoms with E-state index in [1.54, 1.807) is 33.1 Å². The summed E-state index contributed by atoms with van der Waals surface area (Å²) in [5.41, 5.74) is 0.905. The molecule has 0 bridgehead atoms. The van der Waals surface area contributed by atoms with Gasteiger partial charge in [0.2, 0.25) is 11.7 Å². The summed E-state index contributed by atoms with van der Waals surface area (Å²) in [6.45, 7) is 2.48. The van der Waals surface area contributed by atoms with Crippen LogP contribution in [0.2, 0.25) is 0 Å². The summed E-state index contributed by atoms with van der Waals surface area (Å²) in [7, 11) is 4.73. The van der Waals surface area contributed by atoms with Gasteiger partial charge in [-0.05, 0) is 29.8 Å². The monoisotopic (exact) mass is 377 g/mol. The van der Waals surface area contributed by atoms with Crippen LogP contribution < -0.4 is 14.2 Å². The number of furan rings is 1. The minimum absolute atomic E-state index is 0.0863. The summed E-state index contributed by atoms with van der Waals surface area (Å²) >= 11 is 1.58. The molecule has 26 heavy (non-hydrogen) atoms. The molecule has 1 fully saturated rings. The van der Waals surface area contributed by atoms with Gasteiger partial charge in [-0.3, -0.25) is 4.79 Å². The fourth-order valence-electron chi connectivity index (χ4n) is 3.00.